The molecular formula is C13H14FN3O3. The first kappa shape index (κ1) is 15.4. The van der Waals surface area contributed by atoms with Crippen LogP contribution in [-0.2, 0) is 0 Å². The van der Waals surface area contributed by atoms with E-state index in [0.29, 0.717) is 0 Å². The van der Waals surface area contributed by atoms with E-state index in [4.69, 9.17) is 10.4 Å². The summed E-state index contributed by atoms with van der Waals surface area (Å²) in [5, 5.41) is 19.9. The molecule has 1 rings (SSSR count). The summed E-state index contributed by atoms with van der Waals surface area (Å²) in [4.78, 5) is 24.2. The fourth-order valence-corrected chi connectivity index (χ4v) is 1.48. The number of hydrogen-bond acceptors (Lipinski definition) is 3. The number of nitrogens with one attached hydrogen (secondary N) is 1. The van der Waals surface area contributed by atoms with Crippen molar-refractivity contribution in [2.24, 2.45) is 0 Å². The number of nitriles is 1. The molecule has 0 saturated carbocycles. The number of urea groups is 1. The Balaban J connectivity index is 2.91. The van der Waals surface area contributed by atoms with Gasteiger partial charge in [-0.2, -0.15) is 5.26 Å². The van der Waals surface area contributed by atoms with Crippen LogP contribution in [0.15, 0.2) is 18.2 Å². The van der Waals surface area contributed by atoms with Gasteiger partial charge in [-0.15, -0.1) is 0 Å². The molecule has 0 bridgehead atoms. The molecule has 2 N–H and O–H groups in total. The Kier molecular flexibility index (Phi) is 5.03. The largest absolute Gasteiger partial charge is 0.478 e. The highest BCUT2D eigenvalue weighted by molar-refractivity contribution is 6.00. The number of nitrogens with zero attached hydrogens (tertiary/aromatic N) is 2. The van der Waals surface area contributed by atoms with Crippen LogP contribution >= 0.6 is 0 Å². The molecule has 7 heteroatoms. The molecule has 0 heterocycles. The molecule has 0 aliphatic carbocycles. The molecular weight excluding hydrogens is 265 g/mol. The predicted molar refractivity (Wildman–Crippen MR) is 69.8 cm³/mol. The molecule has 1 aromatic rings. The van der Waals surface area contributed by atoms with Gasteiger partial charge < -0.3 is 15.3 Å². The van der Waals surface area contributed by atoms with Gasteiger partial charge in [0.1, 0.15) is 5.82 Å². The molecule has 1 unspecified atom stereocenters. The third kappa shape index (κ3) is 3.68. The molecule has 1 aromatic carbocycles. The van der Waals surface area contributed by atoms with Crippen molar-refractivity contribution in [1.82, 2.24) is 4.90 Å². The van der Waals surface area contributed by atoms with E-state index >= 15 is 0 Å². The number of halogens is 1. The van der Waals surface area contributed by atoms with Gasteiger partial charge in [-0.1, -0.05) is 0 Å². The Hall–Kier alpha value is -2.62. The summed E-state index contributed by atoms with van der Waals surface area (Å²) < 4.78 is 13.0. The minimum absolute atomic E-state index is 0.0000855. The lowest BCUT2D eigenvalue weighted by molar-refractivity contribution is 0.0697. The van der Waals surface area contributed by atoms with Crippen LogP contribution < -0.4 is 5.32 Å². The fraction of sp³-hybridized carbons (Fsp3) is 0.308. The lowest BCUT2D eigenvalue weighted by Gasteiger charge is -2.23. The van der Waals surface area contributed by atoms with Crippen LogP contribution in [-0.4, -0.2) is 35.1 Å². The number of carboxylic acids is 1. The van der Waals surface area contributed by atoms with Gasteiger partial charge in [0.2, 0.25) is 0 Å². The smallest absolute Gasteiger partial charge is 0.337 e. The summed E-state index contributed by atoms with van der Waals surface area (Å²) in [7, 11) is 1.49. The van der Waals surface area contributed by atoms with Crippen LogP contribution in [0.4, 0.5) is 14.9 Å². The van der Waals surface area contributed by atoms with E-state index in [0.717, 1.165) is 12.1 Å². The molecule has 0 radical (unpaired) electrons. The normalized spacial score (nSPS) is 11.3. The molecule has 106 valence electrons. The number of amides is 2. The van der Waals surface area contributed by atoms with Gasteiger partial charge in [0.25, 0.3) is 0 Å². The van der Waals surface area contributed by atoms with Gasteiger partial charge in [0.05, 0.1) is 23.7 Å². The van der Waals surface area contributed by atoms with E-state index in [1.807, 2.05) is 6.07 Å². The average molecular weight is 279 g/mol. The monoisotopic (exact) mass is 279 g/mol. The molecule has 0 saturated heterocycles. The molecule has 2 amide bonds. The van der Waals surface area contributed by atoms with Gasteiger partial charge in [-0.05, 0) is 25.1 Å². The van der Waals surface area contributed by atoms with Crippen molar-refractivity contribution in [2.75, 3.05) is 12.4 Å². The van der Waals surface area contributed by atoms with Crippen LogP contribution in [0.25, 0.3) is 0 Å². The quantitative estimate of drug-likeness (QED) is 0.884. The molecule has 1 atom stereocenters. The summed E-state index contributed by atoms with van der Waals surface area (Å²) in [6, 6.07) is 4.11. The number of rotatable bonds is 4. The Morgan fingerprint density at radius 1 is 1.55 bits per heavy atom. The molecule has 0 aliphatic rings. The minimum atomic E-state index is -1.34. The maximum atomic E-state index is 13.0. The van der Waals surface area contributed by atoms with Gasteiger partial charge >= 0.3 is 12.0 Å². The summed E-state index contributed by atoms with van der Waals surface area (Å²) in [6.45, 7) is 1.69. The second kappa shape index (κ2) is 6.52. The Morgan fingerprint density at radius 3 is 2.75 bits per heavy atom. The van der Waals surface area contributed by atoms with E-state index in [1.165, 1.54) is 18.0 Å². The van der Waals surface area contributed by atoms with Crippen molar-refractivity contribution in [2.45, 2.75) is 19.4 Å². The number of carbonyl (C=O) groups is 2. The molecule has 0 spiro atoms. The first-order valence-corrected chi connectivity index (χ1v) is 5.80. The Bertz CT molecular complexity index is 568. The summed E-state index contributed by atoms with van der Waals surface area (Å²) in [6.07, 6.45) is 0.152. The van der Waals surface area contributed by atoms with E-state index in [2.05, 4.69) is 5.32 Å². The van der Waals surface area contributed by atoms with Crippen molar-refractivity contribution >= 4 is 17.7 Å². The SMILES string of the molecule is CC(CC#N)N(C)C(=O)Nc1ccc(F)cc1C(=O)O. The molecule has 6 nitrogen and oxygen atoms in total. The third-order valence-electron chi connectivity index (χ3n) is 2.82. The highest BCUT2D eigenvalue weighted by atomic mass is 19.1. The van der Waals surface area contributed by atoms with Crippen molar-refractivity contribution in [3.05, 3.63) is 29.6 Å². The zero-order chi connectivity index (χ0) is 15.3. The number of carbonyl (C=O) groups excluding carboxylic acids is 1. The molecule has 20 heavy (non-hydrogen) atoms. The van der Waals surface area contributed by atoms with Crippen LogP contribution in [0, 0.1) is 17.1 Å². The second-order valence-electron chi connectivity index (χ2n) is 4.25. The zero-order valence-electron chi connectivity index (χ0n) is 11.1. The maximum Gasteiger partial charge on any atom is 0.337 e. The Morgan fingerprint density at radius 2 is 2.20 bits per heavy atom. The number of carboxylic acid groups (broad SMARTS) is 1. The van der Waals surface area contributed by atoms with E-state index < -0.39 is 17.8 Å². The topological polar surface area (TPSA) is 93.4 Å². The zero-order valence-corrected chi connectivity index (χ0v) is 11.1. The first-order chi connectivity index (χ1) is 9.36. The van der Waals surface area contributed by atoms with Crippen LogP contribution in [0.5, 0.6) is 0 Å². The van der Waals surface area contributed by atoms with Crippen molar-refractivity contribution < 1.29 is 19.1 Å². The average Bonchev–Trinajstić information content (AvgIpc) is 2.39. The van der Waals surface area contributed by atoms with Gasteiger partial charge in [0, 0.05) is 13.1 Å². The minimum Gasteiger partial charge on any atom is -0.478 e. The van der Waals surface area contributed by atoms with Crippen molar-refractivity contribution in [3.8, 4) is 6.07 Å². The van der Waals surface area contributed by atoms with Crippen molar-refractivity contribution in [3.63, 3.8) is 0 Å². The lowest BCUT2D eigenvalue weighted by Crippen LogP contribution is -2.38. The third-order valence-corrected chi connectivity index (χ3v) is 2.82. The fourth-order valence-electron chi connectivity index (χ4n) is 1.48. The van der Waals surface area contributed by atoms with Crippen LogP contribution in [0.1, 0.15) is 23.7 Å². The highest BCUT2D eigenvalue weighted by Crippen LogP contribution is 2.18. The van der Waals surface area contributed by atoms with Crippen molar-refractivity contribution in [1.29, 1.82) is 5.26 Å². The number of anilines is 1. The number of hydrogen-bond donors (Lipinski definition) is 2. The molecule has 0 aliphatic heterocycles. The van der Waals surface area contributed by atoms with Gasteiger partial charge in [-0.25, -0.2) is 14.0 Å². The summed E-state index contributed by atoms with van der Waals surface area (Å²) >= 11 is 0. The molecule has 0 fully saturated rings. The first-order valence-electron chi connectivity index (χ1n) is 5.80. The second-order valence-corrected chi connectivity index (χ2v) is 4.25. The number of aromatic carboxylic acids is 1. The lowest BCUT2D eigenvalue weighted by atomic mass is 10.1. The summed E-state index contributed by atoms with van der Waals surface area (Å²) in [5.41, 5.74) is -0.334. The predicted octanol–water partition coefficient (Wildman–Crippen LogP) is 2.29. The van der Waals surface area contributed by atoms with Crippen LogP contribution in [0.2, 0.25) is 0 Å². The van der Waals surface area contributed by atoms with Gasteiger partial charge in [0.15, 0.2) is 0 Å². The number of benzene rings is 1. The summed E-state index contributed by atoms with van der Waals surface area (Å²) in [5.74, 6) is -2.04. The standard InChI is InChI=1S/C13H14FN3O3/c1-8(5-6-15)17(2)13(20)16-11-4-3-9(14)7-10(11)12(18)19/h3-4,7-8H,5H2,1-2H3,(H,16,20)(H,18,19). The molecule has 0 aromatic heterocycles. The Labute approximate surface area is 115 Å². The van der Waals surface area contributed by atoms with E-state index in [9.17, 15) is 14.0 Å². The van der Waals surface area contributed by atoms with E-state index in [1.54, 1.807) is 6.92 Å². The van der Waals surface area contributed by atoms with Gasteiger partial charge in [-0.3, -0.25) is 0 Å². The maximum absolute atomic E-state index is 13.0. The highest BCUT2D eigenvalue weighted by Gasteiger charge is 2.18. The van der Waals surface area contributed by atoms with E-state index in [-0.39, 0.29) is 23.7 Å². The van der Waals surface area contributed by atoms with Crippen LogP contribution in [0.3, 0.4) is 0 Å².